The van der Waals surface area contributed by atoms with Crippen molar-refractivity contribution in [3.05, 3.63) is 53.6 Å². The summed E-state index contributed by atoms with van der Waals surface area (Å²) in [6.45, 7) is 1.71. The molecule has 0 atom stereocenters. The minimum Gasteiger partial charge on any atom is -0.315 e. The highest BCUT2D eigenvalue weighted by Gasteiger charge is 2.40. The number of halogens is 1. The molecule has 1 aliphatic rings. The predicted octanol–water partition coefficient (Wildman–Crippen LogP) is 2.03. The third kappa shape index (κ3) is 2.16. The Morgan fingerprint density at radius 3 is 2.68 bits per heavy atom. The van der Waals surface area contributed by atoms with Crippen LogP contribution in [0.2, 0.25) is 0 Å². The SMILES string of the molecule is Cn1nccc1CCC1(c2ccccc2F)CNC1. The first kappa shape index (κ1) is 12.4. The number of nitrogens with one attached hydrogen (secondary N) is 1. The van der Waals surface area contributed by atoms with Crippen LogP contribution in [-0.2, 0) is 18.9 Å². The Morgan fingerprint density at radius 1 is 1.32 bits per heavy atom. The van der Waals surface area contributed by atoms with Crippen molar-refractivity contribution >= 4 is 0 Å². The molecule has 19 heavy (non-hydrogen) atoms. The number of nitrogens with zero attached hydrogens (tertiary/aromatic N) is 2. The fourth-order valence-electron chi connectivity index (χ4n) is 2.83. The van der Waals surface area contributed by atoms with Gasteiger partial charge in [-0.2, -0.15) is 5.10 Å². The van der Waals surface area contributed by atoms with Crippen molar-refractivity contribution in [1.82, 2.24) is 15.1 Å². The lowest BCUT2D eigenvalue weighted by Crippen LogP contribution is -2.57. The van der Waals surface area contributed by atoms with Gasteiger partial charge in [0.25, 0.3) is 0 Å². The van der Waals surface area contributed by atoms with Crippen molar-refractivity contribution in [3.8, 4) is 0 Å². The Bertz CT molecular complexity index is 572. The minimum absolute atomic E-state index is 0.0599. The molecule has 0 aliphatic carbocycles. The molecular weight excluding hydrogens is 241 g/mol. The van der Waals surface area contributed by atoms with Crippen LogP contribution in [0.15, 0.2) is 36.5 Å². The molecule has 0 spiro atoms. The van der Waals surface area contributed by atoms with E-state index >= 15 is 0 Å². The number of hydrogen-bond acceptors (Lipinski definition) is 2. The normalized spacial score (nSPS) is 17.2. The van der Waals surface area contributed by atoms with Crippen molar-refractivity contribution in [2.45, 2.75) is 18.3 Å². The molecule has 1 fully saturated rings. The molecule has 2 heterocycles. The van der Waals surface area contributed by atoms with Crippen LogP contribution in [-0.4, -0.2) is 22.9 Å². The average molecular weight is 259 g/mol. The lowest BCUT2D eigenvalue weighted by molar-refractivity contribution is 0.248. The van der Waals surface area contributed by atoms with Crippen molar-refractivity contribution < 1.29 is 4.39 Å². The second-order valence-corrected chi connectivity index (χ2v) is 5.31. The van der Waals surface area contributed by atoms with E-state index in [2.05, 4.69) is 10.4 Å². The van der Waals surface area contributed by atoms with Crippen molar-refractivity contribution in [2.75, 3.05) is 13.1 Å². The summed E-state index contributed by atoms with van der Waals surface area (Å²) in [6.07, 6.45) is 3.68. The Morgan fingerprint density at radius 2 is 2.11 bits per heavy atom. The molecular formula is C15H18FN3. The average Bonchev–Trinajstić information content (AvgIpc) is 2.76. The maximum absolute atomic E-state index is 14.0. The topological polar surface area (TPSA) is 29.9 Å². The van der Waals surface area contributed by atoms with E-state index in [-0.39, 0.29) is 11.2 Å². The van der Waals surface area contributed by atoms with E-state index in [1.165, 1.54) is 5.69 Å². The van der Waals surface area contributed by atoms with Gasteiger partial charge in [0.1, 0.15) is 5.82 Å². The molecule has 1 N–H and O–H groups in total. The highest BCUT2D eigenvalue weighted by atomic mass is 19.1. The van der Waals surface area contributed by atoms with E-state index in [0.717, 1.165) is 31.5 Å². The van der Waals surface area contributed by atoms with Crippen LogP contribution in [0.4, 0.5) is 4.39 Å². The van der Waals surface area contributed by atoms with Gasteiger partial charge < -0.3 is 5.32 Å². The summed E-state index contributed by atoms with van der Waals surface area (Å²) >= 11 is 0. The van der Waals surface area contributed by atoms with Crippen LogP contribution in [0.5, 0.6) is 0 Å². The number of benzene rings is 1. The second-order valence-electron chi connectivity index (χ2n) is 5.31. The first-order valence-electron chi connectivity index (χ1n) is 6.64. The summed E-state index contributed by atoms with van der Waals surface area (Å²) < 4.78 is 15.9. The predicted molar refractivity (Wildman–Crippen MR) is 72.5 cm³/mol. The maximum atomic E-state index is 14.0. The van der Waals surface area contributed by atoms with Gasteiger partial charge in [-0.05, 0) is 30.5 Å². The molecule has 0 radical (unpaired) electrons. The zero-order valence-electron chi connectivity index (χ0n) is 11.1. The van der Waals surface area contributed by atoms with Crippen molar-refractivity contribution in [3.63, 3.8) is 0 Å². The van der Waals surface area contributed by atoms with Crippen molar-refractivity contribution in [2.24, 2.45) is 7.05 Å². The lowest BCUT2D eigenvalue weighted by atomic mass is 9.71. The Kier molecular flexibility index (Phi) is 3.11. The van der Waals surface area contributed by atoms with Crippen molar-refractivity contribution in [1.29, 1.82) is 0 Å². The van der Waals surface area contributed by atoms with Gasteiger partial charge in [0.05, 0.1) is 0 Å². The fraction of sp³-hybridized carbons (Fsp3) is 0.400. The van der Waals surface area contributed by atoms with E-state index in [1.807, 2.05) is 36.1 Å². The number of hydrogen-bond donors (Lipinski definition) is 1. The van der Waals surface area contributed by atoms with E-state index in [0.29, 0.717) is 0 Å². The van der Waals surface area contributed by atoms with Crippen LogP contribution in [0.25, 0.3) is 0 Å². The van der Waals surface area contributed by atoms with Crippen LogP contribution >= 0.6 is 0 Å². The fourth-order valence-corrected chi connectivity index (χ4v) is 2.83. The standard InChI is InChI=1S/C15H18FN3/c1-19-12(7-9-18-19)6-8-15(10-17-11-15)13-4-2-3-5-14(13)16/h2-5,7,9,17H,6,8,10-11H2,1H3. The second kappa shape index (κ2) is 4.78. The highest BCUT2D eigenvalue weighted by Crippen LogP contribution is 2.34. The zero-order valence-corrected chi connectivity index (χ0v) is 11.1. The Hall–Kier alpha value is -1.68. The van der Waals surface area contributed by atoms with Gasteiger partial charge in [-0.1, -0.05) is 18.2 Å². The summed E-state index contributed by atoms with van der Waals surface area (Å²) in [5.41, 5.74) is 1.98. The quantitative estimate of drug-likeness (QED) is 0.910. The largest absolute Gasteiger partial charge is 0.315 e. The van der Waals surface area contributed by atoms with E-state index in [9.17, 15) is 4.39 Å². The minimum atomic E-state index is -0.0889. The summed E-state index contributed by atoms with van der Waals surface area (Å²) in [6, 6.07) is 9.17. The first-order valence-corrected chi connectivity index (χ1v) is 6.64. The summed E-state index contributed by atoms with van der Waals surface area (Å²) in [5, 5.41) is 7.46. The molecule has 0 saturated carbocycles. The van der Waals surface area contributed by atoms with Gasteiger partial charge in [0.15, 0.2) is 0 Å². The van der Waals surface area contributed by atoms with Gasteiger partial charge in [-0.15, -0.1) is 0 Å². The molecule has 1 aromatic carbocycles. The molecule has 100 valence electrons. The monoisotopic (exact) mass is 259 g/mol. The molecule has 2 aromatic rings. The molecule has 4 heteroatoms. The molecule has 3 rings (SSSR count). The van der Waals surface area contributed by atoms with Gasteiger partial charge in [0.2, 0.25) is 0 Å². The smallest absolute Gasteiger partial charge is 0.127 e. The van der Waals surface area contributed by atoms with Gasteiger partial charge in [-0.3, -0.25) is 4.68 Å². The summed E-state index contributed by atoms with van der Waals surface area (Å²) in [4.78, 5) is 0. The first-order chi connectivity index (χ1) is 9.21. The molecule has 1 aromatic heterocycles. The maximum Gasteiger partial charge on any atom is 0.127 e. The van der Waals surface area contributed by atoms with E-state index in [1.54, 1.807) is 12.1 Å². The molecule has 1 saturated heterocycles. The molecule has 0 amide bonds. The van der Waals surface area contributed by atoms with Gasteiger partial charge in [-0.25, -0.2) is 4.39 Å². The van der Waals surface area contributed by atoms with Crippen LogP contribution in [0.1, 0.15) is 17.7 Å². The third-order valence-electron chi connectivity index (χ3n) is 4.15. The van der Waals surface area contributed by atoms with Crippen LogP contribution in [0, 0.1) is 5.82 Å². The lowest BCUT2D eigenvalue weighted by Gasteiger charge is -2.43. The van der Waals surface area contributed by atoms with Gasteiger partial charge in [0, 0.05) is 37.4 Å². The van der Waals surface area contributed by atoms with E-state index in [4.69, 9.17) is 0 Å². The summed E-state index contributed by atoms with van der Waals surface area (Å²) in [7, 11) is 1.95. The van der Waals surface area contributed by atoms with Gasteiger partial charge >= 0.3 is 0 Å². The zero-order chi connectivity index (χ0) is 13.3. The van der Waals surface area contributed by atoms with Crippen LogP contribution < -0.4 is 5.32 Å². The number of aromatic nitrogens is 2. The third-order valence-corrected chi connectivity index (χ3v) is 4.15. The number of rotatable bonds is 4. The molecule has 1 aliphatic heterocycles. The van der Waals surface area contributed by atoms with E-state index < -0.39 is 0 Å². The highest BCUT2D eigenvalue weighted by molar-refractivity contribution is 5.31. The molecule has 3 nitrogen and oxygen atoms in total. The summed E-state index contributed by atoms with van der Waals surface area (Å²) in [5.74, 6) is -0.0889. The Labute approximate surface area is 112 Å². The molecule has 0 unspecified atom stereocenters. The van der Waals surface area contributed by atoms with Crippen LogP contribution in [0.3, 0.4) is 0 Å². The molecule has 0 bridgehead atoms. The number of aryl methyl sites for hydroxylation is 2. The Balaban J connectivity index is 1.81.